The van der Waals surface area contributed by atoms with Crippen molar-refractivity contribution in [3.63, 3.8) is 0 Å². The Kier molecular flexibility index (Phi) is 3.79. The Morgan fingerprint density at radius 1 is 1.38 bits per heavy atom. The molecule has 0 aliphatic carbocycles. The minimum absolute atomic E-state index is 0.0881. The molecule has 2 aliphatic heterocycles. The molecule has 3 rings (SSSR count). The summed E-state index contributed by atoms with van der Waals surface area (Å²) in [5, 5.41) is 2.97. The highest BCUT2D eigenvalue weighted by Gasteiger charge is 2.29. The van der Waals surface area contributed by atoms with Gasteiger partial charge < -0.3 is 20.7 Å². The first-order chi connectivity index (χ1) is 10.1. The van der Waals surface area contributed by atoms with Gasteiger partial charge in [0.25, 0.3) is 5.91 Å². The van der Waals surface area contributed by atoms with Gasteiger partial charge in [-0.3, -0.25) is 9.59 Å². The van der Waals surface area contributed by atoms with Crippen LogP contribution in [0.15, 0.2) is 18.2 Å². The molecule has 21 heavy (non-hydrogen) atoms. The number of rotatable bonds is 3. The first-order valence-electron chi connectivity index (χ1n) is 7.18. The molecule has 1 saturated heterocycles. The van der Waals surface area contributed by atoms with Crippen LogP contribution >= 0.6 is 0 Å². The van der Waals surface area contributed by atoms with E-state index < -0.39 is 0 Å². The van der Waals surface area contributed by atoms with Crippen molar-refractivity contribution >= 4 is 17.5 Å². The molecular weight excluding hydrogens is 270 g/mol. The highest BCUT2D eigenvalue weighted by atomic mass is 16.5. The third-order valence-electron chi connectivity index (χ3n) is 3.93. The number of carbonyl (C=O) groups excluding carboxylic acids is 2. The third-order valence-corrected chi connectivity index (χ3v) is 3.93. The van der Waals surface area contributed by atoms with E-state index in [2.05, 4.69) is 5.32 Å². The molecule has 2 amide bonds. The summed E-state index contributed by atoms with van der Waals surface area (Å²) in [7, 11) is 0. The van der Waals surface area contributed by atoms with Crippen LogP contribution in [-0.4, -0.2) is 42.5 Å². The summed E-state index contributed by atoms with van der Waals surface area (Å²) in [4.78, 5) is 25.9. The quantitative estimate of drug-likeness (QED) is 0.795. The highest BCUT2D eigenvalue weighted by Crippen LogP contribution is 2.24. The van der Waals surface area contributed by atoms with E-state index in [1.54, 1.807) is 17.0 Å². The second-order valence-electron chi connectivity index (χ2n) is 5.53. The largest absolute Gasteiger partial charge is 0.399 e. The molecule has 0 bridgehead atoms. The number of anilines is 1. The molecule has 1 aromatic carbocycles. The van der Waals surface area contributed by atoms with Gasteiger partial charge in [-0.15, -0.1) is 0 Å². The molecule has 3 N–H and O–H groups in total. The highest BCUT2D eigenvalue weighted by molar-refractivity contribution is 6.00. The molecule has 0 spiro atoms. The number of fused-ring (bicyclic) bond motifs is 1. The van der Waals surface area contributed by atoms with E-state index in [-0.39, 0.29) is 24.4 Å². The molecule has 0 saturated carbocycles. The number of nitrogens with one attached hydrogen (secondary N) is 1. The molecule has 1 aromatic rings. The van der Waals surface area contributed by atoms with Crippen LogP contribution in [-0.2, 0) is 16.1 Å². The van der Waals surface area contributed by atoms with E-state index in [9.17, 15) is 9.59 Å². The van der Waals surface area contributed by atoms with Crippen molar-refractivity contribution in [1.82, 2.24) is 10.2 Å². The summed E-state index contributed by atoms with van der Waals surface area (Å²) in [5.74, 6) is -0.240. The van der Waals surface area contributed by atoms with Gasteiger partial charge in [0.2, 0.25) is 5.91 Å². The van der Waals surface area contributed by atoms with Crippen LogP contribution in [0.1, 0.15) is 28.8 Å². The Morgan fingerprint density at radius 2 is 2.14 bits per heavy atom. The molecule has 0 aromatic heterocycles. The van der Waals surface area contributed by atoms with Gasteiger partial charge >= 0.3 is 0 Å². The predicted molar refractivity (Wildman–Crippen MR) is 77.6 cm³/mol. The minimum atomic E-state index is -0.126. The zero-order valence-corrected chi connectivity index (χ0v) is 11.8. The Morgan fingerprint density at radius 3 is 2.90 bits per heavy atom. The molecule has 0 atom stereocenters. The Labute approximate surface area is 123 Å². The van der Waals surface area contributed by atoms with Gasteiger partial charge in [-0.1, -0.05) is 6.07 Å². The number of carbonyl (C=O) groups is 2. The topological polar surface area (TPSA) is 84.7 Å². The minimum Gasteiger partial charge on any atom is -0.399 e. The number of ether oxygens (including phenoxy) is 1. The van der Waals surface area contributed by atoms with Gasteiger partial charge in [0.05, 0.1) is 0 Å². The number of hydrogen-bond donors (Lipinski definition) is 2. The number of nitrogens with zero attached hydrogens (tertiary/aromatic N) is 1. The normalized spacial score (nSPS) is 18.7. The third kappa shape index (κ3) is 3.00. The molecular formula is C15H19N3O3. The van der Waals surface area contributed by atoms with E-state index in [0.29, 0.717) is 31.0 Å². The Balaban J connectivity index is 1.59. The predicted octanol–water partition coefficient (Wildman–Crippen LogP) is 0.520. The first kappa shape index (κ1) is 13.9. The fourth-order valence-corrected chi connectivity index (χ4v) is 2.80. The summed E-state index contributed by atoms with van der Waals surface area (Å²) < 4.78 is 5.26. The summed E-state index contributed by atoms with van der Waals surface area (Å²) in [6.07, 6.45) is 1.66. The molecule has 6 heteroatoms. The lowest BCUT2D eigenvalue weighted by Crippen LogP contribution is -2.44. The second kappa shape index (κ2) is 5.73. The van der Waals surface area contributed by atoms with Crippen molar-refractivity contribution in [3.05, 3.63) is 29.3 Å². The summed E-state index contributed by atoms with van der Waals surface area (Å²) >= 11 is 0. The van der Waals surface area contributed by atoms with E-state index in [0.717, 1.165) is 18.4 Å². The monoisotopic (exact) mass is 289 g/mol. The van der Waals surface area contributed by atoms with Crippen molar-refractivity contribution < 1.29 is 14.3 Å². The van der Waals surface area contributed by atoms with Crippen LogP contribution in [0.5, 0.6) is 0 Å². The average molecular weight is 289 g/mol. The summed E-state index contributed by atoms with van der Waals surface area (Å²) in [6, 6.07) is 5.45. The van der Waals surface area contributed by atoms with Crippen LogP contribution in [0, 0.1) is 0 Å². The molecule has 112 valence electrons. The molecule has 2 heterocycles. The SMILES string of the molecule is Nc1ccc2c(c1)C(=O)N(CC(=O)NC1CCOCC1)C2. The van der Waals surface area contributed by atoms with Gasteiger partial charge in [0.15, 0.2) is 0 Å². The first-order valence-corrected chi connectivity index (χ1v) is 7.18. The molecule has 0 unspecified atom stereocenters. The number of hydrogen-bond acceptors (Lipinski definition) is 4. The Hall–Kier alpha value is -2.08. The standard InChI is InChI=1S/C15H19N3O3/c16-11-2-1-10-8-18(15(20)13(10)7-11)9-14(19)17-12-3-5-21-6-4-12/h1-2,7,12H,3-6,8-9,16H2,(H,17,19). The van der Waals surface area contributed by atoms with Gasteiger partial charge in [-0.2, -0.15) is 0 Å². The summed E-state index contributed by atoms with van der Waals surface area (Å²) in [6.45, 7) is 1.91. The van der Waals surface area contributed by atoms with Gasteiger partial charge in [0, 0.05) is 37.1 Å². The van der Waals surface area contributed by atoms with Crippen molar-refractivity contribution in [2.45, 2.75) is 25.4 Å². The van der Waals surface area contributed by atoms with E-state index in [1.807, 2.05) is 6.07 Å². The van der Waals surface area contributed by atoms with Crippen molar-refractivity contribution in [2.24, 2.45) is 0 Å². The maximum Gasteiger partial charge on any atom is 0.255 e. The van der Waals surface area contributed by atoms with Crippen LogP contribution in [0.3, 0.4) is 0 Å². The lowest BCUT2D eigenvalue weighted by molar-refractivity contribution is -0.123. The number of nitrogen functional groups attached to an aromatic ring is 1. The van der Waals surface area contributed by atoms with E-state index >= 15 is 0 Å². The second-order valence-corrected chi connectivity index (χ2v) is 5.53. The lowest BCUT2D eigenvalue weighted by Gasteiger charge is -2.24. The van der Waals surface area contributed by atoms with Crippen LogP contribution in [0.25, 0.3) is 0 Å². The molecule has 1 fully saturated rings. The fraction of sp³-hybridized carbons (Fsp3) is 0.467. The molecule has 0 radical (unpaired) electrons. The Bertz CT molecular complexity index is 567. The van der Waals surface area contributed by atoms with E-state index in [4.69, 9.17) is 10.5 Å². The lowest BCUT2D eigenvalue weighted by atomic mass is 10.1. The molecule has 2 aliphatic rings. The van der Waals surface area contributed by atoms with E-state index in [1.165, 1.54) is 0 Å². The summed E-state index contributed by atoms with van der Waals surface area (Å²) in [5.41, 5.74) is 7.80. The van der Waals surface area contributed by atoms with Crippen LogP contribution < -0.4 is 11.1 Å². The van der Waals surface area contributed by atoms with Crippen molar-refractivity contribution in [2.75, 3.05) is 25.5 Å². The van der Waals surface area contributed by atoms with Gasteiger partial charge in [0.1, 0.15) is 6.54 Å². The number of nitrogens with two attached hydrogens (primary N) is 1. The van der Waals surface area contributed by atoms with Gasteiger partial charge in [-0.25, -0.2) is 0 Å². The maximum atomic E-state index is 12.2. The molecule has 6 nitrogen and oxygen atoms in total. The zero-order valence-electron chi connectivity index (χ0n) is 11.8. The van der Waals surface area contributed by atoms with Crippen LogP contribution in [0.2, 0.25) is 0 Å². The van der Waals surface area contributed by atoms with Gasteiger partial charge in [-0.05, 0) is 30.5 Å². The maximum absolute atomic E-state index is 12.2. The average Bonchev–Trinajstić information content (AvgIpc) is 2.76. The number of benzene rings is 1. The smallest absolute Gasteiger partial charge is 0.255 e. The van der Waals surface area contributed by atoms with Crippen molar-refractivity contribution in [1.29, 1.82) is 0 Å². The van der Waals surface area contributed by atoms with Crippen LogP contribution in [0.4, 0.5) is 5.69 Å². The fourth-order valence-electron chi connectivity index (χ4n) is 2.80. The van der Waals surface area contributed by atoms with Crippen molar-refractivity contribution in [3.8, 4) is 0 Å². The zero-order chi connectivity index (χ0) is 14.8. The number of amides is 2.